The summed E-state index contributed by atoms with van der Waals surface area (Å²) in [5.41, 5.74) is 5.56. The van der Waals surface area contributed by atoms with E-state index in [2.05, 4.69) is 5.16 Å². The standard InChI is InChI=1S/C12H13F2N3O3/c13-12(14)6-9(10(15)16-19)17(7-12)20-11(18)8-4-2-1-3-5-8/h1-5,9,19H,6-7H2,(H2,15,16)/t9-/m0/s1. The summed E-state index contributed by atoms with van der Waals surface area (Å²) in [6, 6.07) is 6.79. The van der Waals surface area contributed by atoms with Gasteiger partial charge in [0.05, 0.1) is 12.1 Å². The van der Waals surface area contributed by atoms with Crippen LogP contribution in [0.25, 0.3) is 0 Å². The fraction of sp³-hybridized carbons (Fsp3) is 0.333. The molecule has 6 nitrogen and oxygen atoms in total. The van der Waals surface area contributed by atoms with Gasteiger partial charge < -0.3 is 15.8 Å². The zero-order valence-corrected chi connectivity index (χ0v) is 10.4. The van der Waals surface area contributed by atoms with E-state index in [1.807, 2.05) is 0 Å². The van der Waals surface area contributed by atoms with E-state index in [9.17, 15) is 13.6 Å². The molecule has 0 saturated carbocycles. The number of halogens is 2. The Kier molecular flexibility index (Phi) is 3.84. The van der Waals surface area contributed by atoms with Gasteiger partial charge >= 0.3 is 5.97 Å². The maximum Gasteiger partial charge on any atom is 0.357 e. The lowest BCUT2D eigenvalue weighted by molar-refractivity contribution is -0.122. The van der Waals surface area contributed by atoms with Gasteiger partial charge in [0, 0.05) is 6.42 Å². The van der Waals surface area contributed by atoms with Crippen LogP contribution in [-0.4, -0.2) is 40.6 Å². The van der Waals surface area contributed by atoms with Crippen LogP contribution in [-0.2, 0) is 4.84 Å². The molecule has 0 amide bonds. The van der Waals surface area contributed by atoms with E-state index >= 15 is 0 Å². The Bertz CT molecular complexity index is 522. The van der Waals surface area contributed by atoms with Gasteiger partial charge in [-0.1, -0.05) is 23.4 Å². The number of nitrogens with zero attached hydrogens (tertiary/aromatic N) is 2. The van der Waals surface area contributed by atoms with Crippen molar-refractivity contribution in [1.82, 2.24) is 5.06 Å². The smallest absolute Gasteiger partial charge is 0.357 e. The van der Waals surface area contributed by atoms with Crippen LogP contribution in [0.5, 0.6) is 0 Å². The van der Waals surface area contributed by atoms with Crippen LogP contribution in [0.3, 0.4) is 0 Å². The van der Waals surface area contributed by atoms with Gasteiger partial charge in [0.1, 0.15) is 6.04 Å². The second-order valence-electron chi connectivity index (χ2n) is 4.42. The molecule has 0 spiro atoms. The highest BCUT2D eigenvalue weighted by Gasteiger charge is 2.49. The molecule has 3 N–H and O–H groups in total. The Labute approximate surface area is 113 Å². The van der Waals surface area contributed by atoms with Crippen molar-refractivity contribution in [2.45, 2.75) is 18.4 Å². The third kappa shape index (κ3) is 3.02. The first-order chi connectivity index (χ1) is 9.43. The summed E-state index contributed by atoms with van der Waals surface area (Å²) in [5, 5.41) is 12.0. The van der Waals surface area contributed by atoms with Gasteiger partial charge in [-0.15, -0.1) is 5.06 Å². The fourth-order valence-electron chi connectivity index (χ4n) is 1.94. The van der Waals surface area contributed by atoms with Crippen LogP contribution >= 0.6 is 0 Å². The van der Waals surface area contributed by atoms with Gasteiger partial charge in [0.15, 0.2) is 5.84 Å². The lowest BCUT2D eigenvalue weighted by atomic mass is 10.2. The summed E-state index contributed by atoms with van der Waals surface area (Å²) in [5.74, 6) is -4.28. The number of rotatable bonds is 3. The first kappa shape index (κ1) is 14.2. The quantitative estimate of drug-likeness (QED) is 0.377. The van der Waals surface area contributed by atoms with Gasteiger partial charge in [-0.05, 0) is 12.1 Å². The summed E-state index contributed by atoms with van der Waals surface area (Å²) < 4.78 is 26.7. The number of carbonyl (C=O) groups is 1. The van der Waals surface area contributed by atoms with Crippen molar-refractivity contribution >= 4 is 11.8 Å². The van der Waals surface area contributed by atoms with Gasteiger partial charge in [-0.3, -0.25) is 0 Å². The van der Waals surface area contributed by atoms with Crippen LogP contribution in [0, 0.1) is 0 Å². The number of carbonyl (C=O) groups excluding carboxylic acids is 1. The topological polar surface area (TPSA) is 88.2 Å². The Morgan fingerprint density at radius 3 is 2.70 bits per heavy atom. The molecule has 2 rings (SSSR count). The van der Waals surface area contributed by atoms with Crippen molar-refractivity contribution in [3.63, 3.8) is 0 Å². The Hall–Kier alpha value is -2.22. The molecular weight excluding hydrogens is 272 g/mol. The molecule has 0 bridgehead atoms. The summed E-state index contributed by atoms with van der Waals surface area (Å²) in [6.07, 6.45) is -0.676. The van der Waals surface area contributed by atoms with Crippen molar-refractivity contribution in [2.75, 3.05) is 6.54 Å². The fourth-order valence-corrected chi connectivity index (χ4v) is 1.94. The molecule has 0 radical (unpaired) electrons. The maximum absolute atomic E-state index is 13.4. The average Bonchev–Trinajstić information content (AvgIpc) is 2.73. The normalized spacial score (nSPS) is 22.7. The highest BCUT2D eigenvalue weighted by atomic mass is 19.3. The molecule has 1 heterocycles. The average molecular weight is 285 g/mol. The summed E-state index contributed by atoms with van der Waals surface area (Å²) in [6.45, 7) is -0.799. The highest BCUT2D eigenvalue weighted by molar-refractivity contribution is 5.90. The molecule has 0 aliphatic carbocycles. The zero-order valence-electron chi connectivity index (χ0n) is 10.4. The van der Waals surface area contributed by atoms with Gasteiger partial charge in [0.2, 0.25) is 0 Å². The number of amidine groups is 1. The zero-order chi connectivity index (χ0) is 14.8. The Balaban J connectivity index is 2.13. The van der Waals surface area contributed by atoms with Crippen LogP contribution in [0.4, 0.5) is 8.78 Å². The van der Waals surface area contributed by atoms with Crippen molar-refractivity contribution in [2.24, 2.45) is 10.9 Å². The lowest BCUT2D eigenvalue weighted by Crippen LogP contribution is -2.41. The van der Waals surface area contributed by atoms with E-state index in [4.69, 9.17) is 15.8 Å². The van der Waals surface area contributed by atoms with Crippen LogP contribution in [0.1, 0.15) is 16.8 Å². The summed E-state index contributed by atoms with van der Waals surface area (Å²) >= 11 is 0. The minimum Gasteiger partial charge on any atom is -0.409 e. The van der Waals surface area contributed by atoms with Gasteiger partial charge in [-0.2, -0.15) is 0 Å². The lowest BCUT2D eigenvalue weighted by Gasteiger charge is -2.20. The molecule has 0 unspecified atom stereocenters. The van der Waals surface area contributed by atoms with Crippen LogP contribution in [0.15, 0.2) is 35.5 Å². The third-order valence-corrected chi connectivity index (χ3v) is 2.89. The predicted octanol–water partition coefficient (Wildman–Crippen LogP) is 1.21. The molecular formula is C12H13F2N3O3. The number of alkyl halides is 2. The first-order valence-corrected chi connectivity index (χ1v) is 5.82. The molecule has 108 valence electrons. The Morgan fingerprint density at radius 1 is 1.45 bits per heavy atom. The van der Waals surface area contributed by atoms with Crippen molar-refractivity contribution in [3.05, 3.63) is 35.9 Å². The maximum atomic E-state index is 13.4. The molecule has 1 fully saturated rings. The predicted molar refractivity (Wildman–Crippen MR) is 65.3 cm³/mol. The van der Waals surface area contributed by atoms with Crippen LogP contribution in [0.2, 0.25) is 0 Å². The molecule has 1 atom stereocenters. The number of oxime groups is 1. The number of hydrogen-bond acceptors (Lipinski definition) is 5. The second kappa shape index (κ2) is 5.41. The molecule has 1 aromatic carbocycles. The number of hydroxylamine groups is 2. The highest BCUT2D eigenvalue weighted by Crippen LogP contribution is 2.32. The Morgan fingerprint density at radius 2 is 2.10 bits per heavy atom. The molecule has 1 saturated heterocycles. The number of benzene rings is 1. The van der Waals surface area contributed by atoms with E-state index in [0.717, 1.165) is 5.06 Å². The molecule has 1 aliphatic heterocycles. The number of nitrogens with two attached hydrogens (primary N) is 1. The molecule has 0 aromatic heterocycles. The largest absolute Gasteiger partial charge is 0.409 e. The van der Waals surface area contributed by atoms with E-state index in [1.54, 1.807) is 18.2 Å². The van der Waals surface area contributed by atoms with Gasteiger partial charge in [0.25, 0.3) is 5.92 Å². The summed E-state index contributed by atoms with van der Waals surface area (Å²) in [7, 11) is 0. The van der Waals surface area contributed by atoms with Crippen molar-refractivity contribution in [3.8, 4) is 0 Å². The molecule has 20 heavy (non-hydrogen) atoms. The molecule has 1 aromatic rings. The first-order valence-electron chi connectivity index (χ1n) is 5.82. The van der Waals surface area contributed by atoms with Crippen molar-refractivity contribution < 1.29 is 23.6 Å². The van der Waals surface area contributed by atoms with E-state index < -0.39 is 36.7 Å². The van der Waals surface area contributed by atoms with Crippen LogP contribution < -0.4 is 5.73 Å². The van der Waals surface area contributed by atoms with E-state index in [1.165, 1.54) is 12.1 Å². The summed E-state index contributed by atoms with van der Waals surface area (Å²) in [4.78, 5) is 16.7. The van der Waals surface area contributed by atoms with E-state index in [-0.39, 0.29) is 5.56 Å². The van der Waals surface area contributed by atoms with Crippen molar-refractivity contribution in [1.29, 1.82) is 0 Å². The second-order valence-corrected chi connectivity index (χ2v) is 4.42. The number of hydrogen-bond donors (Lipinski definition) is 2. The third-order valence-electron chi connectivity index (χ3n) is 2.89. The minimum absolute atomic E-state index is 0.223. The monoisotopic (exact) mass is 285 g/mol. The van der Waals surface area contributed by atoms with Gasteiger partial charge in [-0.25, -0.2) is 13.6 Å². The SMILES string of the molecule is N/C(=N\O)[C@@H]1CC(F)(F)CN1OC(=O)c1ccccc1. The molecule has 1 aliphatic rings. The van der Waals surface area contributed by atoms with E-state index in [0.29, 0.717) is 0 Å². The molecule has 8 heteroatoms. The minimum atomic E-state index is -3.07.